The summed E-state index contributed by atoms with van der Waals surface area (Å²) in [5, 5.41) is 2.80. The molecule has 1 aromatic carbocycles. The van der Waals surface area contributed by atoms with Crippen molar-refractivity contribution < 1.29 is 14.3 Å². The third kappa shape index (κ3) is 4.70. The van der Waals surface area contributed by atoms with E-state index in [1.807, 2.05) is 26.0 Å². The summed E-state index contributed by atoms with van der Waals surface area (Å²) in [6.07, 6.45) is 3.42. The van der Waals surface area contributed by atoms with Gasteiger partial charge in [-0.15, -0.1) is 0 Å². The second-order valence-electron chi connectivity index (χ2n) is 5.77. The van der Waals surface area contributed by atoms with E-state index < -0.39 is 6.04 Å². The first kappa shape index (κ1) is 17.7. The van der Waals surface area contributed by atoms with E-state index in [1.54, 1.807) is 37.7 Å². The van der Waals surface area contributed by atoms with E-state index in [1.165, 1.54) is 0 Å². The van der Waals surface area contributed by atoms with Gasteiger partial charge in [0.05, 0.1) is 13.2 Å². The Hall–Kier alpha value is -2.60. The fraction of sp³-hybridized carbons (Fsp3) is 0.333. The molecule has 0 bridgehead atoms. The molecule has 2 aromatic rings. The van der Waals surface area contributed by atoms with Crippen LogP contribution in [0.1, 0.15) is 19.4 Å². The van der Waals surface area contributed by atoms with Gasteiger partial charge in [-0.05, 0) is 35.7 Å². The second kappa shape index (κ2) is 8.31. The van der Waals surface area contributed by atoms with Crippen LogP contribution in [-0.2, 0) is 11.4 Å². The summed E-state index contributed by atoms with van der Waals surface area (Å²) in [6, 6.07) is 8.42. The van der Waals surface area contributed by atoms with Crippen LogP contribution in [0.2, 0.25) is 0 Å². The number of aromatic nitrogens is 1. The van der Waals surface area contributed by atoms with Crippen LogP contribution in [0.15, 0.2) is 42.7 Å². The standard InChI is InChI=1S/C18H23N3O3/c1-12(2)17(19)18(22)21-14-4-5-15(23-3)16(10-14)24-11-13-6-8-20-9-7-13/h4-10,12,17H,11,19H2,1-3H3,(H,21,22). The first-order valence-corrected chi connectivity index (χ1v) is 7.77. The van der Waals surface area contributed by atoms with Crippen molar-refractivity contribution in [1.29, 1.82) is 0 Å². The molecular formula is C18H23N3O3. The Morgan fingerprint density at radius 2 is 1.92 bits per heavy atom. The fourth-order valence-corrected chi connectivity index (χ4v) is 2.04. The Morgan fingerprint density at radius 1 is 1.21 bits per heavy atom. The van der Waals surface area contributed by atoms with Gasteiger partial charge >= 0.3 is 0 Å². The first-order valence-electron chi connectivity index (χ1n) is 7.77. The predicted octanol–water partition coefficient (Wildman–Crippen LogP) is 2.59. The number of carbonyl (C=O) groups excluding carboxylic acids is 1. The van der Waals surface area contributed by atoms with Crippen LogP contribution in [0.25, 0.3) is 0 Å². The molecule has 24 heavy (non-hydrogen) atoms. The minimum Gasteiger partial charge on any atom is -0.493 e. The van der Waals surface area contributed by atoms with Crippen molar-refractivity contribution in [3.63, 3.8) is 0 Å². The lowest BCUT2D eigenvalue weighted by Gasteiger charge is -2.17. The van der Waals surface area contributed by atoms with Gasteiger partial charge in [0.1, 0.15) is 6.61 Å². The molecule has 6 nitrogen and oxygen atoms in total. The van der Waals surface area contributed by atoms with Gasteiger partial charge < -0.3 is 20.5 Å². The molecular weight excluding hydrogens is 306 g/mol. The third-order valence-corrected chi connectivity index (χ3v) is 3.60. The molecule has 0 saturated heterocycles. The number of rotatable bonds is 7. The number of anilines is 1. The van der Waals surface area contributed by atoms with Gasteiger partial charge in [-0.3, -0.25) is 9.78 Å². The van der Waals surface area contributed by atoms with Gasteiger partial charge in [-0.25, -0.2) is 0 Å². The van der Waals surface area contributed by atoms with E-state index >= 15 is 0 Å². The number of amides is 1. The lowest BCUT2D eigenvalue weighted by Crippen LogP contribution is -2.39. The molecule has 0 spiro atoms. The number of carbonyl (C=O) groups is 1. The zero-order valence-corrected chi connectivity index (χ0v) is 14.2. The van der Waals surface area contributed by atoms with E-state index in [0.29, 0.717) is 23.8 Å². The number of nitrogens with zero attached hydrogens (tertiary/aromatic N) is 1. The van der Waals surface area contributed by atoms with E-state index in [9.17, 15) is 4.79 Å². The molecule has 3 N–H and O–H groups in total. The van der Waals surface area contributed by atoms with Crippen LogP contribution >= 0.6 is 0 Å². The van der Waals surface area contributed by atoms with Crippen LogP contribution in [0.5, 0.6) is 11.5 Å². The number of nitrogens with two attached hydrogens (primary N) is 1. The summed E-state index contributed by atoms with van der Waals surface area (Å²) in [5.41, 5.74) is 7.46. The molecule has 0 fully saturated rings. The van der Waals surface area contributed by atoms with Gasteiger partial charge in [-0.1, -0.05) is 13.8 Å². The highest BCUT2D eigenvalue weighted by atomic mass is 16.5. The molecule has 1 aromatic heterocycles. The molecule has 0 radical (unpaired) electrons. The minimum atomic E-state index is -0.562. The molecule has 128 valence electrons. The molecule has 0 aliphatic carbocycles. The Balaban J connectivity index is 2.10. The smallest absolute Gasteiger partial charge is 0.241 e. The number of nitrogens with one attached hydrogen (secondary N) is 1. The van der Waals surface area contributed by atoms with Crippen LogP contribution in [0.4, 0.5) is 5.69 Å². The molecule has 1 atom stereocenters. The van der Waals surface area contributed by atoms with Crippen molar-refractivity contribution >= 4 is 11.6 Å². The monoisotopic (exact) mass is 329 g/mol. The summed E-state index contributed by atoms with van der Waals surface area (Å²) in [4.78, 5) is 16.1. The van der Waals surface area contributed by atoms with Crippen LogP contribution in [0.3, 0.4) is 0 Å². The molecule has 0 aliphatic heterocycles. The summed E-state index contributed by atoms with van der Waals surface area (Å²) in [7, 11) is 1.57. The first-order chi connectivity index (χ1) is 11.5. The lowest BCUT2D eigenvalue weighted by molar-refractivity contribution is -0.118. The number of benzene rings is 1. The van der Waals surface area contributed by atoms with Gasteiger partial charge in [0.15, 0.2) is 11.5 Å². The van der Waals surface area contributed by atoms with Crippen LogP contribution in [-0.4, -0.2) is 24.0 Å². The van der Waals surface area contributed by atoms with Gasteiger partial charge in [-0.2, -0.15) is 0 Å². The number of hydrogen-bond donors (Lipinski definition) is 2. The molecule has 0 saturated carbocycles. The van der Waals surface area contributed by atoms with E-state index in [2.05, 4.69) is 10.3 Å². The highest BCUT2D eigenvalue weighted by Gasteiger charge is 2.18. The highest BCUT2D eigenvalue weighted by molar-refractivity contribution is 5.95. The largest absolute Gasteiger partial charge is 0.493 e. The maximum atomic E-state index is 12.1. The number of pyridine rings is 1. The SMILES string of the molecule is COc1ccc(NC(=O)C(N)C(C)C)cc1OCc1ccncc1. The summed E-state index contributed by atoms with van der Waals surface area (Å²) >= 11 is 0. The zero-order valence-electron chi connectivity index (χ0n) is 14.2. The molecule has 0 aliphatic rings. The second-order valence-corrected chi connectivity index (χ2v) is 5.77. The fourth-order valence-electron chi connectivity index (χ4n) is 2.04. The predicted molar refractivity (Wildman–Crippen MR) is 93.0 cm³/mol. The Labute approximate surface area is 142 Å². The number of hydrogen-bond acceptors (Lipinski definition) is 5. The summed E-state index contributed by atoms with van der Waals surface area (Å²) in [6.45, 7) is 4.19. The van der Waals surface area contributed by atoms with Crippen molar-refractivity contribution in [3.05, 3.63) is 48.3 Å². The van der Waals surface area contributed by atoms with Crippen molar-refractivity contribution in [2.24, 2.45) is 11.7 Å². The molecule has 2 rings (SSSR count). The van der Waals surface area contributed by atoms with Crippen molar-refractivity contribution in [2.75, 3.05) is 12.4 Å². The van der Waals surface area contributed by atoms with Crippen molar-refractivity contribution in [1.82, 2.24) is 4.98 Å². The average Bonchev–Trinajstić information content (AvgIpc) is 2.60. The highest BCUT2D eigenvalue weighted by Crippen LogP contribution is 2.31. The summed E-state index contributed by atoms with van der Waals surface area (Å²) in [5.74, 6) is 0.973. The van der Waals surface area contributed by atoms with Gasteiger partial charge in [0, 0.05) is 24.1 Å². The molecule has 1 unspecified atom stereocenters. The molecule has 1 amide bonds. The van der Waals surface area contributed by atoms with Crippen molar-refractivity contribution in [2.45, 2.75) is 26.5 Å². The van der Waals surface area contributed by atoms with Crippen LogP contribution in [0, 0.1) is 5.92 Å². The maximum absolute atomic E-state index is 12.1. The van der Waals surface area contributed by atoms with Crippen molar-refractivity contribution in [3.8, 4) is 11.5 Å². The summed E-state index contributed by atoms with van der Waals surface area (Å²) < 4.78 is 11.1. The topological polar surface area (TPSA) is 86.5 Å². The Morgan fingerprint density at radius 3 is 2.54 bits per heavy atom. The zero-order chi connectivity index (χ0) is 17.5. The number of methoxy groups -OCH3 is 1. The van der Waals surface area contributed by atoms with E-state index in [0.717, 1.165) is 5.56 Å². The van der Waals surface area contributed by atoms with Crippen LogP contribution < -0.4 is 20.5 Å². The third-order valence-electron chi connectivity index (χ3n) is 3.60. The molecule has 6 heteroatoms. The quantitative estimate of drug-likeness (QED) is 0.815. The van der Waals surface area contributed by atoms with Gasteiger partial charge in [0.2, 0.25) is 5.91 Å². The Kier molecular flexibility index (Phi) is 6.14. The maximum Gasteiger partial charge on any atom is 0.241 e. The molecule has 1 heterocycles. The van der Waals surface area contributed by atoms with E-state index in [4.69, 9.17) is 15.2 Å². The average molecular weight is 329 g/mol. The number of ether oxygens (including phenoxy) is 2. The van der Waals surface area contributed by atoms with E-state index in [-0.39, 0.29) is 11.8 Å². The minimum absolute atomic E-state index is 0.0608. The Bertz CT molecular complexity index is 674. The van der Waals surface area contributed by atoms with Gasteiger partial charge in [0.25, 0.3) is 0 Å². The lowest BCUT2D eigenvalue weighted by atomic mass is 10.0. The normalized spacial score (nSPS) is 11.9.